The zero-order chi connectivity index (χ0) is 16.2. The average molecular weight is 306 g/mol. The Balaban J connectivity index is 1.91. The molecule has 6 nitrogen and oxygen atoms in total. The van der Waals surface area contributed by atoms with Crippen LogP contribution in [-0.4, -0.2) is 40.7 Å². The number of pyridine rings is 1. The molecule has 0 bridgehead atoms. The maximum Gasteiger partial charge on any atom is 0.410 e. The molecule has 0 aliphatic carbocycles. The fraction of sp³-hybridized carbons (Fsp3) is 0.625. The number of carbonyl (C=O) groups excluding carboxylic acids is 1. The Kier molecular flexibility index (Phi) is 5.37. The molecule has 3 N–H and O–H groups in total. The lowest BCUT2D eigenvalue weighted by Crippen LogP contribution is -2.44. The molecule has 1 amide bonds. The molecule has 1 aromatic heterocycles. The predicted octanol–water partition coefficient (Wildman–Crippen LogP) is 1.71. The third kappa shape index (κ3) is 4.68. The van der Waals surface area contributed by atoms with Gasteiger partial charge in [-0.1, -0.05) is 6.07 Å². The van der Waals surface area contributed by atoms with Crippen LogP contribution >= 0.6 is 0 Å². The molecule has 1 aliphatic rings. The molecule has 0 radical (unpaired) electrons. The molecule has 2 atom stereocenters. The first-order valence-corrected chi connectivity index (χ1v) is 7.72. The third-order valence-corrected chi connectivity index (χ3v) is 3.84. The second-order valence-corrected chi connectivity index (χ2v) is 6.81. The summed E-state index contributed by atoms with van der Waals surface area (Å²) in [7, 11) is 0. The largest absolute Gasteiger partial charge is 0.444 e. The zero-order valence-electron chi connectivity index (χ0n) is 13.6. The van der Waals surface area contributed by atoms with Gasteiger partial charge in [0.05, 0.1) is 0 Å². The van der Waals surface area contributed by atoms with Crippen molar-refractivity contribution in [3.05, 3.63) is 30.1 Å². The summed E-state index contributed by atoms with van der Waals surface area (Å²) in [5.41, 5.74) is 3.57. The molecule has 0 saturated carbocycles. The van der Waals surface area contributed by atoms with Gasteiger partial charge in [0.15, 0.2) is 0 Å². The Morgan fingerprint density at radius 3 is 2.95 bits per heavy atom. The van der Waals surface area contributed by atoms with Gasteiger partial charge in [-0.15, -0.1) is 0 Å². The zero-order valence-corrected chi connectivity index (χ0v) is 13.6. The van der Waals surface area contributed by atoms with Gasteiger partial charge >= 0.3 is 6.09 Å². The van der Waals surface area contributed by atoms with Crippen molar-refractivity contribution >= 4 is 6.09 Å². The van der Waals surface area contributed by atoms with Crippen molar-refractivity contribution in [1.82, 2.24) is 15.3 Å². The molecule has 1 aromatic rings. The molecule has 2 rings (SSSR count). The van der Waals surface area contributed by atoms with Crippen LogP contribution in [0.1, 0.15) is 32.8 Å². The second kappa shape index (κ2) is 7.07. The van der Waals surface area contributed by atoms with E-state index < -0.39 is 5.60 Å². The van der Waals surface area contributed by atoms with Gasteiger partial charge in [-0.2, -0.15) is 0 Å². The summed E-state index contributed by atoms with van der Waals surface area (Å²) in [6.45, 7) is 7.02. The van der Waals surface area contributed by atoms with Crippen molar-refractivity contribution in [2.75, 3.05) is 13.1 Å². The number of hydrogen-bond donors (Lipinski definition) is 2. The number of nitrogens with one attached hydrogen (secondary N) is 1. The number of hydrazine groups is 1. The van der Waals surface area contributed by atoms with E-state index in [0.29, 0.717) is 19.0 Å². The Morgan fingerprint density at radius 2 is 2.36 bits per heavy atom. The number of nitrogens with zero attached hydrogens (tertiary/aromatic N) is 2. The minimum atomic E-state index is -0.462. The molecule has 1 aliphatic heterocycles. The number of nitrogens with two attached hydrogens (primary N) is 1. The van der Waals surface area contributed by atoms with E-state index >= 15 is 0 Å². The van der Waals surface area contributed by atoms with Crippen LogP contribution in [0.15, 0.2) is 24.5 Å². The maximum absolute atomic E-state index is 12.1. The standard InChI is InChI=1S/C16H26N4O2/c1-16(2,3)22-15(21)20-8-6-13(11-20)14(19-17)9-12-5-4-7-18-10-12/h4-5,7,10,13-14,19H,6,8-9,11,17H2,1-3H3. The molecule has 0 spiro atoms. The fourth-order valence-electron chi connectivity index (χ4n) is 2.74. The first kappa shape index (κ1) is 16.7. The van der Waals surface area contributed by atoms with Gasteiger partial charge in [-0.05, 0) is 51.2 Å². The van der Waals surface area contributed by atoms with Crippen molar-refractivity contribution < 1.29 is 9.53 Å². The molecule has 2 unspecified atom stereocenters. The molecular formula is C16H26N4O2. The Labute approximate surface area is 132 Å². The highest BCUT2D eigenvalue weighted by molar-refractivity contribution is 5.68. The molecule has 1 saturated heterocycles. The van der Waals surface area contributed by atoms with Crippen LogP contribution in [0.25, 0.3) is 0 Å². The summed E-state index contributed by atoms with van der Waals surface area (Å²) >= 11 is 0. The summed E-state index contributed by atoms with van der Waals surface area (Å²) in [6, 6.07) is 4.08. The number of ether oxygens (including phenoxy) is 1. The van der Waals surface area contributed by atoms with Gasteiger partial charge in [-0.3, -0.25) is 16.3 Å². The number of carbonyl (C=O) groups is 1. The van der Waals surface area contributed by atoms with Gasteiger partial charge in [0.2, 0.25) is 0 Å². The lowest BCUT2D eigenvalue weighted by molar-refractivity contribution is 0.0285. The van der Waals surface area contributed by atoms with E-state index in [4.69, 9.17) is 10.6 Å². The first-order chi connectivity index (χ1) is 10.4. The van der Waals surface area contributed by atoms with Crippen LogP contribution in [0.2, 0.25) is 0 Å². The Morgan fingerprint density at radius 1 is 1.59 bits per heavy atom. The lowest BCUT2D eigenvalue weighted by Gasteiger charge is -2.26. The van der Waals surface area contributed by atoms with Crippen molar-refractivity contribution in [2.45, 2.75) is 45.3 Å². The van der Waals surface area contributed by atoms with E-state index in [0.717, 1.165) is 18.4 Å². The van der Waals surface area contributed by atoms with Crippen molar-refractivity contribution in [3.63, 3.8) is 0 Å². The lowest BCUT2D eigenvalue weighted by atomic mass is 9.94. The van der Waals surface area contributed by atoms with Crippen LogP contribution in [-0.2, 0) is 11.2 Å². The van der Waals surface area contributed by atoms with Crippen LogP contribution in [0.5, 0.6) is 0 Å². The summed E-state index contributed by atoms with van der Waals surface area (Å²) in [5.74, 6) is 6.04. The van der Waals surface area contributed by atoms with Crippen LogP contribution < -0.4 is 11.3 Å². The normalized spacial score (nSPS) is 20.0. The first-order valence-electron chi connectivity index (χ1n) is 7.72. The molecule has 1 fully saturated rings. The molecular weight excluding hydrogens is 280 g/mol. The van der Waals surface area contributed by atoms with Gasteiger partial charge in [-0.25, -0.2) is 4.79 Å². The smallest absolute Gasteiger partial charge is 0.410 e. The average Bonchev–Trinajstić information content (AvgIpc) is 2.94. The predicted molar refractivity (Wildman–Crippen MR) is 85.0 cm³/mol. The van der Waals surface area contributed by atoms with Gasteiger partial charge < -0.3 is 9.64 Å². The minimum absolute atomic E-state index is 0.122. The van der Waals surface area contributed by atoms with E-state index in [1.807, 2.05) is 39.1 Å². The van der Waals surface area contributed by atoms with Crippen LogP contribution in [0, 0.1) is 5.92 Å². The fourth-order valence-corrected chi connectivity index (χ4v) is 2.74. The quantitative estimate of drug-likeness (QED) is 0.654. The minimum Gasteiger partial charge on any atom is -0.444 e. The van der Waals surface area contributed by atoms with Crippen LogP contribution in [0.3, 0.4) is 0 Å². The van der Waals surface area contributed by atoms with E-state index in [2.05, 4.69) is 10.4 Å². The maximum atomic E-state index is 12.1. The third-order valence-electron chi connectivity index (χ3n) is 3.84. The number of aromatic nitrogens is 1. The molecule has 6 heteroatoms. The topological polar surface area (TPSA) is 80.5 Å². The molecule has 22 heavy (non-hydrogen) atoms. The SMILES string of the molecule is CC(C)(C)OC(=O)N1CCC(C(Cc2cccnc2)NN)C1. The van der Waals surface area contributed by atoms with Gasteiger partial charge in [0.25, 0.3) is 0 Å². The number of rotatable bonds is 4. The molecule has 122 valence electrons. The van der Waals surface area contributed by atoms with Crippen molar-refractivity contribution in [3.8, 4) is 0 Å². The van der Waals surface area contributed by atoms with E-state index in [1.165, 1.54) is 0 Å². The summed E-state index contributed by atoms with van der Waals surface area (Å²) in [6.07, 6.45) is 5.09. The van der Waals surface area contributed by atoms with Crippen LogP contribution in [0.4, 0.5) is 4.79 Å². The van der Waals surface area contributed by atoms with Crippen molar-refractivity contribution in [2.24, 2.45) is 11.8 Å². The van der Waals surface area contributed by atoms with Gasteiger partial charge in [0, 0.05) is 31.5 Å². The van der Waals surface area contributed by atoms with Crippen molar-refractivity contribution in [1.29, 1.82) is 0 Å². The van der Waals surface area contributed by atoms with Gasteiger partial charge in [0.1, 0.15) is 5.60 Å². The number of amides is 1. The number of hydrogen-bond acceptors (Lipinski definition) is 5. The highest BCUT2D eigenvalue weighted by atomic mass is 16.6. The second-order valence-electron chi connectivity index (χ2n) is 6.81. The van der Waals surface area contributed by atoms with E-state index in [1.54, 1.807) is 11.1 Å². The Hall–Kier alpha value is -1.66. The molecule has 2 heterocycles. The van der Waals surface area contributed by atoms with E-state index in [9.17, 15) is 4.79 Å². The summed E-state index contributed by atoms with van der Waals surface area (Å²) < 4.78 is 5.43. The Bertz CT molecular complexity index is 487. The summed E-state index contributed by atoms with van der Waals surface area (Å²) in [4.78, 5) is 18.0. The highest BCUT2D eigenvalue weighted by Crippen LogP contribution is 2.23. The summed E-state index contributed by atoms with van der Waals surface area (Å²) in [5, 5.41) is 0. The molecule has 0 aromatic carbocycles. The number of likely N-dealkylation sites (tertiary alicyclic amines) is 1. The monoisotopic (exact) mass is 306 g/mol. The highest BCUT2D eigenvalue weighted by Gasteiger charge is 2.33. The van der Waals surface area contributed by atoms with E-state index in [-0.39, 0.29) is 12.1 Å².